The molecule has 0 amide bonds. The van der Waals surface area contributed by atoms with E-state index in [4.69, 9.17) is 9.47 Å². The molecular formula is C9H14N4O4. The van der Waals surface area contributed by atoms with Crippen LogP contribution in [0.1, 0.15) is 0 Å². The number of nitrogens with zero attached hydrogens (tertiary/aromatic N) is 3. The van der Waals surface area contributed by atoms with Gasteiger partial charge in [0.2, 0.25) is 0 Å². The van der Waals surface area contributed by atoms with Crippen molar-refractivity contribution in [1.82, 2.24) is 15.1 Å². The van der Waals surface area contributed by atoms with Crippen LogP contribution in [-0.2, 0) is 11.8 Å². The summed E-state index contributed by atoms with van der Waals surface area (Å²) in [6.07, 6.45) is 1.22. The molecule has 0 bridgehead atoms. The van der Waals surface area contributed by atoms with E-state index in [1.54, 1.807) is 7.05 Å². The van der Waals surface area contributed by atoms with Gasteiger partial charge in [0.25, 0.3) is 0 Å². The van der Waals surface area contributed by atoms with Crippen molar-refractivity contribution in [1.29, 1.82) is 0 Å². The van der Waals surface area contributed by atoms with E-state index < -0.39 is 4.92 Å². The first-order valence-electron chi connectivity index (χ1n) is 5.30. The Morgan fingerprint density at radius 3 is 3.29 bits per heavy atom. The smallest absolute Gasteiger partial charge is 0.350 e. The standard InChI is InChI=1S/C9H14N4O4/c1-12-5-8(13(14)15)9(11-12)17-6-7-4-10-2-3-16-7/h5,7,10H,2-4,6H2,1H3. The van der Waals surface area contributed by atoms with Crippen LogP contribution in [0, 0.1) is 10.1 Å². The molecule has 8 heteroatoms. The van der Waals surface area contributed by atoms with E-state index in [0.717, 1.165) is 6.54 Å². The van der Waals surface area contributed by atoms with Crippen LogP contribution >= 0.6 is 0 Å². The average Bonchev–Trinajstić information content (AvgIpc) is 2.69. The zero-order valence-corrected chi connectivity index (χ0v) is 9.46. The second kappa shape index (κ2) is 5.11. The minimum absolute atomic E-state index is 0.0340. The summed E-state index contributed by atoms with van der Waals surface area (Å²) >= 11 is 0. The van der Waals surface area contributed by atoms with Gasteiger partial charge in [0, 0.05) is 20.1 Å². The molecule has 1 aromatic heterocycles. The van der Waals surface area contributed by atoms with Crippen LogP contribution < -0.4 is 10.1 Å². The van der Waals surface area contributed by atoms with Crippen molar-refractivity contribution in [2.75, 3.05) is 26.3 Å². The molecule has 0 spiro atoms. The van der Waals surface area contributed by atoms with E-state index in [9.17, 15) is 10.1 Å². The van der Waals surface area contributed by atoms with E-state index in [0.29, 0.717) is 13.2 Å². The van der Waals surface area contributed by atoms with Crippen LogP contribution in [0.3, 0.4) is 0 Å². The largest absolute Gasteiger partial charge is 0.469 e. The van der Waals surface area contributed by atoms with Gasteiger partial charge in [-0.15, -0.1) is 5.10 Å². The molecule has 1 aromatic rings. The third-order valence-electron chi connectivity index (χ3n) is 2.38. The molecule has 94 valence electrons. The maximum Gasteiger partial charge on any atom is 0.350 e. The lowest BCUT2D eigenvalue weighted by Crippen LogP contribution is -2.41. The Morgan fingerprint density at radius 1 is 1.82 bits per heavy atom. The molecule has 0 radical (unpaired) electrons. The number of ether oxygens (including phenoxy) is 2. The highest BCUT2D eigenvalue weighted by Gasteiger charge is 2.22. The quantitative estimate of drug-likeness (QED) is 0.575. The van der Waals surface area contributed by atoms with Crippen LogP contribution in [0.15, 0.2) is 6.20 Å². The lowest BCUT2D eigenvalue weighted by atomic mass is 10.3. The van der Waals surface area contributed by atoms with Crippen molar-refractivity contribution in [2.24, 2.45) is 7.05 Å². The van der Waals surface area contributed by atoms with Gasteiger partial charge in [-0.3, -0.25) is 14.8 Å². The first-order valence-corrected chi connectivity index (χ1v) is 5.30. The van der Waals surface area contributed by atoms with Crippen molar-refractivity contribution >= 4 is 5.69 Å². The minimum Gasteiger partial charge on any atom is -0.469 e. The van der Waals surface area contributed by atoms with Gasteiger partial charge < -0.3 is 14.8 Å². The highest BCUT2D eigenvalue weighted by Crippen LogP contribution is 2.24. The van der Waals surface area contributed by atoms with Gasteiger partial charge in [-0.2, -0.15) is 0 Å². The van der Waals surface area contributed by atoms with E-state index in [-0.39, 0.29) is 24.3 Å². The molecule has 1 aliphatic heterocycles. The molecule has 1 atom stereocenters. The number of morpholine rings is 1. The van der Waals surface area contributed by atoms with Gasteiger partial charge >= 0.3 is 11.6 Å². The highest BCUT2D eigenvalue weighted by molar-refractivity contribution is 5.38. The molecule has 17 heavy (non-hydrogen) atoms. The van der Waals surface area contributed by atoms with E-state index in [1.165, 1.54) is 10.9 Å². The first kappa shape index (κ1) is 11.8. The Balaban J connectivity index is 1.95. The fraction of sp³-hybridized carbons (Fsp3) is 0.667. The summed E-state index contributed by atoms with van der Waals surface area (Å²) in [5.41, 5.74) is -0.128. The molecule has 1 fully saturated rings. The monoisotopic (exact) mass is 242 g/mol. The van der Waals surface area contributed by atoms with Crippen LogP contribution in [-0.4, -0.2) is 47.1 Å². The van der Waals surface area contributed by atoms with Crippen molar-refractivity contribution in [3.63, 3.8) is 0 Å². The van der Waals surface area contributed by atoms with E-state index in [1.807, 2.05) is 0 Å². The van der Waals surface area contributed by atoms with Crippen LogP contribution in [0.25, 0.3) is 0 Å². The predicted molar refractivity (Wildman–Crippen MR) is 58.0 cm³/mol. The summed E-state index contributed by atoms with van der Waals surface area (Å²) in [5.74, 6) is 0.0340. The predicted octanol–water partition coefficient (Wildman–Crippen LogP) is -0.305. The number of rotatable bonds is 4. The summed E-state index contributed by atoms with van der Waals surface area (Å²) < 4.78 is 12.1. The lowest BCUT2D eigenvalue weighted by molar-refractivity contribution is -0.386. The average molecular weight is 242 g/mol. The molecule has 1 aliphatic rings. The van der Waals surface area contributed by atoms with Gasteiger partial charge in [0.15, 0.2) is 0 Å². The summed E-state index contributed by atoms with van der Waals surface area (Å²) in [7, 11) is 1.61. The number of hydrogen-bond donors (Lipinski definition) is 1. The Hall–Kier alpha value is -1.67. The number of nitro groups is 1. The maximum atomic E-state index is 10.7. The summed E-state index contributed by atoms with van der Waals surface area (Å²) in [6.45, 7) is 2.38. The molecule has 0 saturated carbocycles. The number of aryl methyl sites for hydroxylation is 1. The van der Waals surface area contributed by atoms with E-state index >= 15 is 0 Å². The zero-order chi connectivity index (χ0) is 12.3. The van der Waals surface area contributed by atoms with E-state index in [2.05, 4.69) is 10.4 Å². The first-order chi connectivity index (χ1) is 8.16. The Labute approximate surface area is 97.7 Å². The van der Waals surface area contributed by atoms with Gasteiger partial charge in [-0.25, -0.2) is 0 Å². The van der Waals surface area contributed by atoms with Gasteiger partial charge in [-0.1, -0.05) is 0 Å². The van der Waals surface area contributed by atoms with Crippen LogP contribution in [0.5, 0.6) is 5.88 Å². The molecular weight excluding hydrogens is 228 g/mol. The lowest BCUT2D eigenvalue weighted by Gasteiger charge is -2.22. The molecule has 2 rings (SSSR count). The molecule has 0 aliphatic carbocycles. The second-order valence-corrected chi connectivity index (χ2v) is 3.76. The van der Waals surface area contributed by atoms with Crippen molar-refractivity contribution in [3.05, 3.63) is 16.3 Å². The summed E-state index contributed by atoms with van der Waals surface area (Å²) in [5, 5.41) is 17.8. The van der Waals surface area contributed by atoms with Crippen molar-refractivity contribution in [2.45, 2.75) is 6.10 Å². The third kappa shape index (κ3) is 2.92. The molecule has 1 N–H and O–H groups in total. The second-order valence-electron chi connectivity index (χ2n) is 3.76. The summed E-state index contributed by atoms with van der Waals surface area (Å²) in [4.78, 5) is 10.2. The molecule has 8 nitrogen and oxygen atoms in total. The zero-order valence-electron chi connectivity index (χ0n) is 9.46. The number of hydrogen-bond acceptors (Lipinski definition) is 6. The van der Waals surface area contributed by atoms with Gasteiger partial charge in [0.05, 0.1) is 11.5 Å². The molecule has 0 aromatic carbocycles. The van der Waals surface area contributed by atoms with Crippen molar-refractivity contribution < 1.29 is 14.4 Å². The fourth-order valence-corrected chi connectivity index (χ4v) is 1.58. The Morgan fingerprint density at radius 2 is 2.65 bits per heavy atom. The third-order valence-corrected chi connectivity index (χ3v) is 2.38. The molecule has 2 heterocycles. The van der Waals surface area contributed by atoms with Crippen LogP contribution in [0.4, 0.5) is 5.69 Å². The maximum absolute atomic E-state index is 10.7. The normalized spacial score (nSPS) is 20.2. The number of nitrogens with one attached hydrogen (secondary N) is 1. The topological polar surface area (TPSA) is 91.5 Å². The number of aromatic nitrogens is 2. The molecule has 1 unspecified atom stereocenters. The van der Waals surface area contributed by atoms with Gasteiger partial charge in [0.1, 0.15) is 18.9 Å². The molecule has 1 saturated heterocycles. The Bertz CT molecular complexity index is 400. The van der Waals surface area contributed by atoms with Crippen LogP contribution in [0.2, 0.25) is 0 Å². The fourth-order valence-electron chi connectivity index (χ4n) is 1.58. The minimum atomic E-state index is -0.512. The highest BCUT2D eigenvalue weighted by atomic mass is 16.6. The van der Waals surface area contributed by atoms with Gasteiger partial charge in [-0.05, 0) is 0 Å². The Kier molecular flexibility index (Phi) is 3.55. The SMILES string of the molecule is Cn1cc([N+](=O)[O-])c(OCC2CNCCO2)n1. The van der Waals surface area contributed by atoms with Crippen molar-refractivity contribution in [3.8, 4) is 5.88 Å². The summed E-state index contributed by atoms with van der Waals surface area (Å²) in [6, 6.07) is 0.